The summed E-state index contributed by atoms with van der Waals surface area (Å²) in [4.78, 5) is 23.2. The number of non-ortho nitro benzene ring substituents is 1. The van der Waals surface area contributed by atoms with Gasteiger partial charge in [-0.15, -0.1) is 0 Å². The molecule has 0 aliphatic carbocycles. The number of benzene rings is 3. The molecular formula is C24H19N3O5. The van der Waals surface area contributed by atoms with Crippen LogP contribution in [0.25, 0.3) is 16.9 Å². The van der Waals surface area contributed by atoms with E-state index >= 15 is 0 Å². The zero-order valence-corrected chi connectivity index (χ0v) is 17.2. The number of ether oxygens (including phenoxy) is 2. The second-order valence-corrected chi connectivity index (χ2v) is 6.89. The van der Waals surface area contributed by atoms with E-state index in [9.17, 15) is 14.9 Å². The van der Waals surface area contributed by atoms with Gasteiger partial charge < -0.3 is 9.47 Å². The van der Waals surface area contributed by atoms with Crippen molar-refractivity contribution in [3.8, 4) is 28.4 Å². The minimum Gasteiger partial charge on any atom is -0.493 e. The van der Waals surface area contributed by atoms with E-state index in [-0.39, 0.29) is 12.1 Å². The fourth-order valence-electron chi connectivity index (χ4n) is 3.25. The SMILES string of the molecule is COc1ccccc1OC(=O)Cc1cn(-c2ccccc2)nc1-c1ccc([N+](=O)[O-])cc1. The maximum Gasteiger partial charge on any atom is 0.315 e. The summed E-state index contributed by atoms with van der Waals surface area (Å²) >= 11 is 0. The Balaban J connectivity index is 1.67. The van der Waals surface area contributed by atoms with Crippen LogP contribution in [0.4, 0.5) is 5.69 Å². The normalized spacial score (nSPS) is 10.5. The maximum absolute atomic E-state index is 12.7. The van der Waals surface area contributed by atoms with E-state index in [2.05, 4.69) is 5.10 Å². The summed E-state index contributed by atoms with van der Waals surface area (Å²) in [6, 6.07) is 22.4. The number of hydrogen-bond donors (Lipinski definition) is 0. The lowest BCUT2D eigenvalue weighted by Crippen LogP contribution is -2.12. The molecule has 8 nitrogen and oxygen atoms in total. The van der Waals surface area contributed by atoms with Crippen molar-refractivity contribution >= 4 is 11.7 Å². The van der Waals surface area contributed by atoms with Crippen LogP contribution in [0.2, 0.25) is 0 Å². The molecule has 0 amide bonds. The van der Waals surface area contributed by atoms with Crippen molar-refractivity contribution in [1.29, 1.82) is 0 Å². The number of rotatable bonds is 7. The minimum atomic E-state index is -0.481. The van der Waals surface area contributed by atoms with Crippen molar-refractivity contribution in [3.63, 3.8) is 0 Å². The molecule has 0 N–H and O–H groups in total. The molecule has 0 radical (unpaired) electrons. The minimum absolute atomic E-state index is 0.0200. The van der Waals surface area contributed by atoms with E-state index in [1.165, 1.54) is 19.2 Å². The van der Waals surface area contributed by atoms with Crippen LogP contribution in [0.5, 0.6) is 11.5 Å². The Hall–Kier alpha value is -4.46. The lowest BCUT2D eigenvalue weighted by Gasteiger charge is -2.08. The lowest BCUT2D eigenvalue weighted by molar-refractivity contribution is -0.384. The molecule has 8 heteroatoms. The van der Waals surface area contributed by atoms with Crippen molar-refractivity contribution in [3.05, 3.63) is 101 Å². The molecule has 0 unspecified atom stereocenters. The fourth-order valence-corrected chi connectivity index (χ4v) is 3.25. The van der Waals surface area contributed by atoms with Crippen molar-refractivity contribution in [1.82, 2.24) is 9.78 Å². The van der Waals surface area contributed by atoms with E-state index in [4.69, 9.17) is 9.47 Å². The van der Waals surface area contributed by atoms with E-state index in [1.54, 1.807) is 47.3 Å². The number of para-hydroxylation sites is 3. The van der Waals surface area contributed by atoms with E-state index in [0.29, 0.717) is 28.3 Å². The average molecular weight is 429 g/mol. The van der Waals surface area contributed by atoms with Crippen LogP contribution in [0.1, 0.15) is 5.56 Å². The molecule has 3 aromatic carbocycles. The summed E-state index contributed by atoms with van der Waals surface area (Å²) in [6.07, 6.45) is 1.72. The van der Waals surface area contributed by atoms with Gasteiger partial charge in [0.05, 0.1) is 29.8 Å². The molecule has 0 atom stereocenters. The van der Waals surface area contributed by atoms with Crippen molar-refractivity contribution in [2.24, 2.45) is 0 Å². The molecule has 0 fully saturated rings. The van der Waals surface area contributed by atoms with Crippen LogP contribution in [-0.2, 0) is 11.2 Å². The monoisotopic (exact) mass is 429 g/mol. The highest BCUT2D eigenvalue weighted by atomic mass is 16.6. The quantitative estimate of drug-likeness (QED) is 0.184. The van der Waals surface area contributed by atoms with Gasteiger partial charge in [-0.25, -0.2) is 4.68 Å². The Bertz CT molecular complexity index is 1250. The van der Waals surface area contributed by atoms with Crippen molar-refractivity contribution in [2.45, 2.75) is 6.42 Å². The summed E-state index contributed by atoms with van der Waals surface area (Å²) in [5.41, 5.74) is 2.63. The van der Waals surface area contributed by atoms with Gasteiger partial charge in [-0.3, -0.25) is 14.9 Å². The molecule has 4 rings (SSSR count). The smallest absolute Gasteiger partial charge is 0.315 e. The summed E-state index contributed by atoms with van der Waals surface area (Å²) < 4.78 is 12.4. The van der Waals surface area contributed by atoms with Crippen LogP contribution < -0.4 is 9.47 Å². The molecule has 0 saturated carbocycles. The highest BCUT2D eigenvalue weighted by Crippen LogP contribution is 2.29. The Kier molecular flexibility index (Phi) is 5.94. The van der Waals surface area contributed by atoms with Gasteiger partial charge >= 0.3 is 5.97 Å². The van der Waals surface area contributed by atoms with Gasteiger partial charge in [0.2, 0.25) is 0 Å². The topological polar surface area (TPSA) is 96.5 Å². The van der Waals surface area contributed by atoms with Crippen LogP contribution in [-0.4, -0.2) is 27.8 Å². The first-order valence-electron chi connectivity index (χ1n) is 9.77. The largest absolute Gasteiger partial charge is 0.493 e. The number of nitro benzene ring substituents is 1. The number of methoxy groups -OCH3 is 1. The first-order valence-corrected chi connectivity index (χ1v) is 9.77. The number of nitro groups is 1. The lowest BCUT2D eigenvalue weighted by atomic mass is 10.1. The van der Waals surface area contributed by atoms with Gasteiger partial charge in [0.1, 0.15) is 0 Å². The fraction of sp³-hybridized carbons (Fsp3) is 0.0833. The van der Waals surface area contributed by atoms with Gasteiger partial charge in [0.15, 0.2) is 11.5 Å². The molecule has 160 valence electrons. The molecule has 0 bridgehead atoms. The Morgan fingerprint density at radius 3 is 2.28 bits per heavy atom. The Morgan fingerprint density at radius 1 is 0.969 bits per heavy atom. The second kappa shape index (κ2) is 9.13. The molecular weight excluding hydrogens is 410 g/mol. The highest BCUT2D eigenvalue weighted by molar-refractivity contribution is 5.79. The Labute approximate surface area is 183 Å². The molecule has 0 saturated heterocycles. The zero-order valence-electron chi connectivity index (χ0n) is 17.2. The summed E-state index contributed by atoms with van der Waals surface area (Å²) in [5, 5.41) is 15.6. The molecule has 1 aromatic heterocycles. The van der Waals surface area contributed by atoms with Crippen LogP contribution in [0.15, 0.2) is 85.1 Å². The molecule has 4 aromatic rings. The first-order chi connectivity index (χ1) is 15.5. The molecule has 32 heavy (non-hydrogen) atoms. The number of carbonyl (C=O) groups excluding carboxylic acids is 1. The number of esters is 1. The van der Waals surface area contributed by atoms with Gasteiger partial charge in [-0.2, -0.15) is 5.10 Å². The van der Waals surface area contributed by atoms with Gasteiger partial charge in [-0.05, 0) is 36.4 Å². The van der Waals surface area contributed by atoms with E-state index in [1.807, 2.05) is 30.3 Å². The number of aromatic nitrogens is 2. The second-order valence-electron chi connectivity index (χ2n) is 6.89. The summed E-state index contributed by atoms with van der Waals surface area (Å²) in [7, 11) is 1.50. The number of carbonyl (C=O) groups is 1. The van der Waals surface area contributed by atoms with Crippen molar-refractivity contribution < 1.29 is 19.2 Å². The molecule has 0 aliphatic heterocycles. The third-order valence-corrected chi connectivity index (χ3v) is 4.79. The van der Waals surface area contributed by atoms with Crippen LogP contribution in [0.3, 0.4) is 0 Å². The maximum atomic E-state index is 12.7. The molecule has 0 aliphatic rings. The molecule has 1 heterocycles. The Morgan fingerprint density at radius 2 is 1.62 bits per heavy atom. The predicted molar refractivity (Wildman–Crippen MR) is 118 cm³/mol. The predicted octanol–water partition coefficient (Wildman–Crippen LogP) is 4.60. The van der Waals surface area contributed by atoms with Crippen LogP contribution >= 0.6 is 0 Å². The highest BCUT2D eigenvalue weighted by Gasteiger charge is 2.18. The molecule has 0 spiro atoms. The first kappa shape index (κ1) is 20.8. The van der Waals surface area contributed by atoms with Crippen LogP contribution in [0, 0.1) is 10.1 Å². The van der Waals surface area contributed by atoms with E-state index in [0.717, 1.165) is 5.69 Å². The summed E-state index contributed by atoms with van der Waals surface area (Å²) in [6.45, 7) is 0. The third-order valence-electron chi connectivity index (χ3n) is 4.79. The standard InChI is InChI=1S/C24H19N3O5/c1-31-21-9-5-6-10-22(21)32-23(28)15-18-16-26(19-7-3-2-4-8-19)25-24(18)17-11-13-20(14-12-17)27(29)30/h2-14,16H,15H2,1H3. The zero-order chi connectivity index (χ0) is 22.5. The third kappa shape index (κ3) is 4.49. The van der Waals surface area contributed by atoms with E-state index < -0.39 is 10.9 Å². The number of hydrogen-bond acceptors (Lipinski definition) is 6. The average Bonchev–Trinajstić information content (AvgIpc) is 3.23. The number of nitrogens with zero attached hydrogens (tertiary/aromatic N) is 3. The summed E-state index contributed by atoms with van der Waals surface area (Å²) in [5.74, 6) is 0.300. The van der Waals surface area contributed by atoms with Gasteiger partial charge in [0, 0.05) is 29.5 Å². The van der Waals surface area contributed by atoms with Crippen molar-refractivity contribution in [2.75, 3.05) is 7.11 Å². The van der Waals surface area contributed by atoms with Gasteiger partial charge in [-0.1, -0.05) is 30.3 Å². The van der Waals surface area contributed by atoms with Gasteiger partial charge in [0.25, 0.3) is 5.69 Å².